The van der Waals surface area contributed by atoms with E-state index < -0.39 is 6.09 Å². The molecular formula is C27H30N8O2S. The smallest absolute Gasteiger partial charge is 0.407 e. The van der Waals surface area contributed by atoms with Crippen molar-refractivity contribution in [1.82, 2.24) is 34.8 Å². The lowest BCUT2D eigenvalue weighted by molar-refractivity contribution is 0.140. The van der Waals surface area contributed by atoms with Gasteiger partial charge in [0, 0.05) is 38.0 Å². The number of benzene rings is 1. The molecule has 1 aliphatic heterocycles. The highest BCUT2D eigenvalue weighted by Gasteiger charge is 2.18. The van der Waals surface area contributed by atoms with Gasteiger partial charge in [0.25, 0.3) is 0 Å². The van der Waals surface area contributed by atoms with Gasteiger partial charge in [0.2, 0.25) is 0 Å². The predicted octanol–water partition coefficient (Wildman–Crippen LogP) is 4.09. The Kier molecular flexibility index (Phi) is 7.75. The van der Waals surface area contributed by atoms with Gasteiger partial charge < -0.3 is 20.7 Å². The third-order valence-electron chi connectivity index (χ3n) is 5.96. The van der Waals surface area contributed by atoms with Crippen LogP contribution in [0.15, 0.2) is 77.9 Å². The summed E-state index contributed by atoms with van der Waals surface area (Å²) in [4.78, 5) is 21.8. The number of amides is 1. The largest absolute Gasteiger partial charge is 0.445 e. The Bertz CT molecular complexity index is 1490. The molecule has 5 rings (SSSR count). The molecule has 1 aliphatic rings. The highest BCUT2D eigenvalue weighted by molar-refractivity contribution is 8.03. The van der Waals surface area contributed by atoms with Crippen molar-refractivity contribution < 1.29 is 9.53 Å². The first-order chi connectivity index (χ1) is 18.5. The summed E-state index contributed by atoms with van der Waals surface area (Å²) in [6.07, 6.45) is 11.9. The van der Waals surface area contributed by atoms with Gasteiger partial charge in [0.15, 0.2) is 11.5 Å². The lowest BCUT2D eigenvalue weighted by Crippen LogP contribution is -2.26. The minimum Gasteiger partial charge on any atom is -0.445 e. The molecule has 0 saturated heterocycles. The number of ether oxygens (including phenoxy) is 1. The second-order valence-corrected chi connectivity index (χ2v) is 10.1. The monoisotopic (exact) mass is 530 g/mol. The number of nitrogens with one attached hydrogen (secondary N) is 3. The number of imidazole rings is 1. The Morgan fingerprint density at radius 1 is 1.18 bits per heavy atom. The van der Waals surface area contributed by atoms with Gasteiger partial charge in [-0.25, -0.2) is 14.8 Å². The van der Waals surface area contributed by atoms with Crippen LogP contribution in [0, 0.1) is 0 Å². The lowest BCUT2D eigenvalue weighted by Gasteiger charge is -2.21. The van der Waals surface area contributed by atoms with E-state index in [0.29, 0.717) is 24.4 Å². The maximum absolute atomic E-state index is 12.2. The average molecular weight is 531 g/mol. The van der Waals surface area contributed by atoms with E-state index in [4.69, 9.17) is 9.72 Å². The first-order valence-electron chi connectivity index (χ1n) is 12.3. The van der Waals surface area contributed by atoms with Gasteiger partial charge in [-0.1, -0.05) is 53.7 Å². The van der Waals surface area contributed by atoms with Crippen LogP contribution < -0.4 is 16.0 Å². The van der Waals surface area contributed by atoms with Gasteiger partial charge >= 0.3 is 6.09 Å². The highest BCUT2D eigenvalue weighted by atomic mass is 32.2. The predicted molar refractivity (Wildman–Crippen MR) is 149 cm³/mol. The Labute approximate surface area is 225 Å². The quantitative estimate of drug-likeness (QED) is 0.297. The number of fused-ring (bicyclic) bond motifs is 1. The van der Waals surface area contributed by atoms with Crippen LogP contribution in [0.2, 0.25) is 0 Å². The zero-order valence-electron chi connectivity index (χ0n) is 21.5. The van der Waals surface area contributed by atoms with Crippen LogP contribution in [0.1, 0.15) is 18.2 Å². The summed E-state index contributed by atoms with van der Waals surface area (Å²) >= 11 is 1.67. The summed E-state index contributed by atoms with van der Waals surface area (Å²) in [5, 5.41) is 15.0. The molecule has 0 saturated carbocycles. The first kappa shape index (κ1) is 25.6. The van der Waals surface area contributed by atoms with Crippen molar-refractivity contribution in [3.05, 3.63) is 89.1 Å². The third kappa shape index (κ3) is 6.06. The minimum atomic E-state index is -0.462. The van der Waals surface area contributed by atoms with Crippen molar-refractivity contribution in [1.29, 1.82) is 0 Å². The van der Waals surface area contributed by atoms with Crippen LogP contribution >= 0.6 is 11.8 Å². The van der Waals surface area contributed by atoms with Crippen molar-refractivity contribution in [3.63, 3.8) is 0 Å². The number of thioether (sulfide) groups is 1. The lowest BCUT2D eigenvalue weighted by atomic mass is 10.2. The molecule has 0 radical (unpaired) electrons. The Morgan fingerprint density at radius 3 is 2.79 bits per heavy atom. The van der Waals surface area contributed by atoms with Gasteiger partial charge in [-0.15, -0.1) is 0 Å². The SMILES string of the molecule is CNC1C=C(C)C=C(Nc2nc(CCNC(=O)OCc3ccccc3)cn3c(-c4cnn(C)c4)cnc23)S1. The van der Waals surface area contributed by atoms with Crippen LogP contribution in [0.3, 0.4) is 0 Å². The standard InChI is InChI=1S/C27H30N8O2S/c1-18-11-23(28-2)38-24(12-18)33-25-26-30-14-22(20-13-31-34(3)15-20)35(26)16-21(32-25)9-10-29-27(36)37-17-19-7-5-4-6-8-19/h4-8,11-16,23,28H,9-10,17H2,1-3H3,(H,29,36)(H,32,33). The number of alkyl carbamates (subject to hydrolysis) is 1. The molecule has 4 aromatic rings. The fraction of sp³-hybridized carbons (Fsp3) is 0.259. The topological polar surface area (TPSA) is 110 Å². The maximum Gasteiger partial charge on any atom is 0.407 e. The Balaban J connectivity index is 1.35. The summed E-state index contributed by atoms with van der Waals surface area (Å²) in [7, 11) is 3.82. The zero-order valence-corrected chi connectivity index (χ0v) is 22.3. The number of likely N-dealkylation sites (N-methyl/N-ethyl adjacent to an activating group) is 1. The van der Waals surface area contributed by atoms with Gasteiger partial charge in [0.1, 0.15) is 6.61 Å². The summed E-state index contributed by atoms with van der Waals surface area (Å²) in [6, 6.07) is 9.59. The van der Waals surface area contributed by atoms with Gasteiger partial charge in [-0.05, 0) is 25.6 Å². The van der Waals surface area contributed by atoms with Crippen LogP contribution in [-0.4, -0.2) is 49.2 Å². The molecule has 1 atom stereocenters. The molecule has 1 aromatic carbocycles. The maximum atomic E-state index is 12.2. The fourth-order valence-electron chi connectivity index (χ4n) is 4.10. The van der Waals surface area contributed by atoms with Crippen LogP contribution in [0.5, 0.6) is 0 Å². The molecule has 196 valence electrons. The van der Waals surface area contributed by atoms with Crippen LogP contribution in [-0.2, 0) is 24.8 Å². The normalized spacial score (nSPS) is 15.2. The molecule has 1 amide bonds. The summed E-state index contributed by atoms with van der Waals surface area (Å²) in [5.74, 6) is 0.646. The van der Waals surface area contributed by atoms with Gasteiger partial charge in [-0.2, -0.15) is 5.10 Å². The number of carbonyl (C=O) groups is 1. The van der Waals surface area contributed by atoms with E-state index in [2.05, 4.69) is 45.1 Å². The molecule has 0 aliphatic carbocycles. The zero-order chi connectivity index (χ0) is 26.5. The van der Waals surface area contributed by atoms with Crippen LogP contribution in [0.4, 0.5) is 10.6 Å². The van der Waals surface area contributed by atoms with Gasteiger partial charge in [0.05, 0.1) is 34.2 Å². The van der Waals surface area contributed by atoms with E-state index in [0.717, 1.165) is 33.1 Å². The van der Waals surface area contributed by atoms with E-state index in [-0.39, 0.29) is 12.0 Å². The molecule has 0 spiro atoms. The third-order valence-corrected chi connectivity index (χ3v) is 7.06. The fourth-order valence-corrected chi connectivity index (χ4v) is 5.18. The number of carbonyl (C=O) groups excluding carboxylic acids is 1. The number of hydrogen-bond donors (Lipinski definition) is 3. The average Bonchev–Trinajstić information content (AvgIpc) is 3.54. The minimum absolute atomic E-state index is 0.165. The number of aromatic nitrogens is 5. The molecule has 3 aromatic heterocycles. The number of nitrogens with zero attached hydrogens (tertiary/aromatic N) is 5. The van der Waals surface area contributed by atoms with E-state index in [1.54, 1.807) is 16.4 Å². The molecule has 0 fully saturated rings. The second-order valence-electron chi connectivity index (χ2n) is 8.93. The number of allylic oxidation sites excluding steroid dienone is 2. The van der Waals surface area contributed by atoms with E-state index >= 15 is 0 Å². The molecular weight excluding hydrogens is 500 g/mol. The molecule has 11 heteroatoms. The summed E-state index contributed by atoms with van der Waals surface area (Å²) in [6.45, 7) is 2.68. The van der Waals surface area contributed by atoms with E-state index in [1.165, 1.54) is 0 Å². The second kappa shape index (κ2) is 11.5. The summed E-state index contributed by atoms with van der Waals surface area (Å²) < 4.78 is 9.11. The first-order valence-corrected chi connectivity index (χ1v) is 13.2. The number of anilines is 1. The molecule has 38 heavy (non-hydrogen) atoms. The Hall–Kier alpha value is -4.09. The number of rotatable bonds is 9. The van der Waals surface area contributed by atoms with Crippen LogP contribution in [0.25, 0.3) is 16.9 Å². The van der Waals surface area contributed by atoms with Crippen molar-refractivity contribution >= 4 is 29.3 Å². The molecule has 10 nitrogen and oxygen atoms in total. The molecule has 4 heterocycles. The molecule has 3 N–H and O–H groups in total. The van der Waals surface area contributed by atoms with Crippen molar-refractivity contribution in [3.8, 4) is 11.3 Å². The van der Waals surface area contributed by atoms with Crippen molar-refractivity contribution in [2.75, 3.05) is 18.9 Å². The Morgan fingerprint density at radius 2 is 2.03 bits per heavy atom. The number of hydrogen-bond acceptors (Lipinski definition) is 8. The highest BCUT2D eigenvalue weighted by Crippen LogP contribution is 2.31. The summed E-state index contributed by atoms with van der Waals surface area (Å²) in [5.41, 5.74) is 5.46. The number of aryl methyl sites for hydroxylation is 1. The van der Waals surface area contributed by atoms with Gasteiger partial charge in [-0.3, -0.25) is 9.08 Å². The van der Waals surface area contributed by atoms with E-state index in [1.807, 2.05) is 73.6 Å². The molecule has 0 bridgehead atoms. The van der Waals surface area contributed by atoms with Crippen molar-refractivity contribution in [2.24, 2.45) is 7.05 Å². The van der Waals surface area contributed by atoms with E-state index in [9.17, 15) is 4.79 Å². The molecule has 1 unspecified atom stereocenters. The van der Waals surface area contributed by atoms with Crippen molar-refractivity contribution in [2.45, 2.75) is 25.3 Å².